The minimum Gasteiger partial charge on any atom is -0.538 e. The third kappa shape index (κ3) is 2.77. The van der Waals surface area contributed by atoms with Crippen LogP contribution >= 0.6 is 0 Å². The number of rotatable bonds is 1. The molecule has 1 heterocycles. The van der Waals surface area contributed by atoms with Crippen molar-refractivity contribution in [1.29, 1.82) is 0 Å². The Bertz CT molecular complexity index is 809. The van der Waals surface area contributed by atoms with Crippen molar-refractivity contribution >= 4 is 0 Å². The summed E-state index contributed by atoms with van der Waals surface area (Å²) in [4.78, 5) is 0. The standard InChI is InChI=1S/C17H12N2O2/c1-13-7-10-15(11-8-13)19-16(17(20)21-18-19)12-9-14-5-3-2-4-6-14/h2-8,10-11H,1H3. The molecule has 1 aromatic heterocycles. The number of aryl methyl sites for hydroxylation is 1. The van der Waals surface area contributed by atoms with Crippen LogP contribution in [0.25, 0.3) is 5.69 Å². The molecule has 0 amide bonds. The van der Waals surface area contributed by atoms with Gasteiger partial charge in [0.05, 0.1) is 5.27 Å². The molecule has 0 unspecified atom stereocenters. The molecule has 0 aliphatic carbocycles. The third-order valence-corrected chi connectivity index (χ3v) is 2.99. The Morgan fingerprint density at radius 1 is 1.00 bits per heavy atom. The molecular formula is C17H12N2O2. The molecule has 0 radical (unpaired) electrons. The summed E-state index contributed by atoms with van der Waals surface area (Å²) in [6.07, 6.45) is 0. The van der Waals surface area contributed by atoms with Crippen LogP contribution in [0, 0.1) is 18.8 Å². The highest BCUT2D eigenvalue weighted by atomic mass is 16.6. The molecule has 4 nitrogen and oxygen atoms in total. The van der Waals surface area contributed by atoms with Crippen LogP contribution in [-0.4, -0.2) is 5.27 Å². The van der Waals surface area contributed by atoms with Crippen LogP contribution in [0.2, 0.25) is 0 Å². The minimum absolute atomic E-state index is 0.211. The molecule has 0 saturated carbocycles. The average molecular weight is 276 g/mol. The molecule has 3 rings (SSSR count). The fourth-order valence-electron chi connectivity index (χ4n) is 1.87. The Morgan fingerprint density at radius 3 is 2.43 bits per heavy atom. The predicted molar refractivity (Wildman–Crippen MR) is 74.6 cm³/mol. The number of hydrogen-bond acceptors (Lipinski definition) is 3. The van der Waals surface area contributed by atoms with Crippen molar-refractivity contribution in [3.05, 3.63) is 71.4 Å². The van der Waals surface area contributed by atoms with E-state index in [0.717, 1.165) is 16.8 Å². The summed E-state index contributed by atoms with van der Waals surface area (Å²) in [6, 6.07) is 17.1. The first kappa shape index (κ1) is 12.9. The van der Waals surface area contributed by atoms with Crippen LogP contribution in [0.15, 0.2) is 59.1 Å². The monoisotopic (exact) mass is 276 g/mol. The molecule has 0 fully saturated rings. The lowest BCUT2D eigenvalue weighted by molar-refractivity contribution is -0.672. The van der Waals surface area contributed by atoms with Gasteiger partial charge in [0, 0.05) is 23.6 Å². The fourth-order valence-corrected chi connectivity index (χ4v) is 1.87. The first-order valence-electron chi connectivity index (χ1n) is 6.47. The summed E-state index contributed by atoms with van der Waals surface area (Å²) in [5.74, 6) is 5.23. The Morgan fingerprint density at radius 2 is 1.71 bits per heavy atom. The zero-order chi connectivity index (χ0) is 14.7. The molecule has 4 heteroatoms. The Hall–Kier alpha value is -3.06. The molecule has 0 spiro atoms. The average Bonchev–Trinajstić information content (AvgIpc) is 2.88. The summed E-state index contributed by atoms with van der Waals surface area (Å²) in [5, 5.41) is 15.5. The molecule has 3 aromatic rings. The number of benzene rings is 2. The highest BCUT2D eigenvalue weighted by molar-refractivity contribution is 5.40. The van der Waals surface area contributed by atoms with E-state index in [0.29, 0.717) is 0 Å². The van der Waals surface area contributed by atoms with Gasteiger partial charge in [-0.25, -0.2) is 0 Å². The molecule has 0 bridgehead atoms. The first-order chi connectivity index (χ1) is 10.2. The second kappa shape index (κ2) is 5.51. The predicted octanol–water partition coefficient (Wildman–Crippen LogP) is 1.73. The summed E-state index contributed by atoms with van der Waals surface area (Å²) < 4.78 is 6.14. The van der Waals surface area contributed by atoms with E-state index in [1.807, 2.05) is 61.5 Å². The van der Waals surface area contributed by atoms with Crippen LogP contribution in [0.5, 0.6) is 5.95 Å². The van der Waals surface area contributed by atoms with Gasteiger partial charge in [0.2, 0.25) is 5.69 Å². The lowest BCUT2D eigenvalue weighted by atomic mass is 10.2. The topological polar surface area (TPSA) is 53.0 Å². The summed E-state index contributed by atoms with van der Waals surface area (Å²) in [7, 11) is 0. The Kier molecular flexibility index (Phi) is 3.40. The van der Waals surface area contributed by atoms with Crippen LogP contribution in [0.4, 0.5) is 0 Å². The van der Waals surface area contributed by atoms with E-state index in [-0.39, 0.29) is 5.69 Å². The Balaban J connectivity index is 2.02. The van der Waals surface area contributed by atoms with Gasteiger partial charge in [0.25, 0.3) is 0 Å². The summed E-state index contributed by atoms with van der Waals surface area (Å²) in [5.41, 5.74) is 2.90. The molecule has 2 aromatic carbocycles. The molecule has 0 aliphatic rings. The van der Waals surface area contributed by atoms with Crippen molar-refractivity contribution in [1.82, 2.24) is 5.27 Å². The van der Waals surface area contributed by atoms with Gasteiger partial charge in [-0.2, -0.15) is 0 Å². The molecule has 21 heavy (non-hydrogen) atoms. The largest absolute Gasteiger partial charge is 0.538 e. The number of hydrogen-bond donors (Lipinski definition) is 0. The maximum Gasteiger partial charge on any atom is 0.314 e. The van der Waals surface area contributed by atoms with E-state index in [9.17, 15) is 5.11 Å². The third-order valence-electron chi connectivity index (χ3n) is 2.99. The quantitative estimate of drug-likeness (QED) is 0.502. The van der Waals surface area contributed by atoms with Gasteiger partial charge in [0.15, 0.2) is 5.95 Å². The fraction of sp³-hybridized carbons (Fsp3) is 0.0588. The first-order valence-corrected chi connectivity index (χ1v) is 6.47. The van der Waals surface area contributed by atoms with Gasteiger partial charge in [-0.05, 0) is 23.7 Å². The molecule has 0 atom stereocenters. The van der Waals surface area contributed by atoms with Crippen molar-refractivity contribution in [3.63, 3.8) is 0 Å². The Labute approximate surface area is 122 Å². The van der Waals surface area contributed by atoms with Crippen molar-refractivity contribution in [2.24, 2.45) is 0 Å². The van der Waals surface area contributed by atoms with E-state index < -0.39 is 5.95 Å². The van der Waals surface area contributed by atoms with E-state index in [1.165, 1.54) is 4.68 Å². The van der Waals surface area contributed by atoms with Crippen molar-refractivity contribution < 1.29 is 14.3 Å². The van der Waals surface area contributed by atoms with Gasteiger partial charge >= 0.3 is 5.69 Å². The maximum absolute atomic E-state index is 11.7. The summed E-state index contributed by atoms with van der Waals surface area (Å²) >= 11 is 0. The zero-order valence-corrected chi connectivity index (χ0v) is 11.4. The summed E-state index contributed by atoms with van der Waals surface area (Å²) in [6.45, 7) is 1.99. The SMILES string of the molecule is Cc1ccc(-[n+]2noc([O-])c2C#Cc2ccccc2)cc1. The zero-order valence-electron chi connectivity index (χ0n) is 11.4. The smallest absolute Gasteiger partial charge is 0.314 e. The van der Waals surface area contributed by atoms with Crippen LogP contribution in [0.3, 0.4) is 0 Å². The van der Waals surface area contributed by atoms with Gasteiger partial charge in [-0.3, -0.25) is 0 Å². The van der Waals surface area contributed by atoms with E-state index in [4.69, 9.17) is 4.52 Å². The molecule has 0 aliphatic heterocycles. The van der Waals surface area contributed by atoms with Crippen molar-refractivity contribution in [2.45, 2.75) is 6.92 Å². The molecule has 0 saturated heterocycles. The minimum atomic E-state index is -0.543. The van der Waals surface area contributed by atoms with Gasteiger partial charge < -0.3 is 9.63 Å². The normalized spacial score (nSPS) is 9.95. The highest BCUT2D eigenvalue weighted by Crippen LogP contribution is 2.10. The van der Waals surface area contributed by atoms with E-state index >= 15 is 0 Å². The second-order valence-corrected chi connectivity index (χ2v) is 4.57. The molecular weight excluding hydrogens is 264 g/mol. The lowest BCUT2D eigenvalue weighted by Gasteiger charge is -1.92. The second-order valence-electron chi connectivity index (χ2n) is 4.57. The van der Waals surface area contributed by atoms with Crippen molar-refractivity contribution in [2.75, 3.05) is 0 Å². The van der Waals surface area contributed by atoms with E-state index in [1.54, 1.807) is 0 Å². The van der Waals surface area contributed by atoms with Crippen molar-refractivity contribution in [3.8, 4) is 23.5 Å². The number of aromatic nitrogens is 2. The van der Waals surface area contributed by atoms with Gasteiger partial charge in [-0.1, -0.05) is 41.8 Å². The van der Waals surface area contributed by atoms with Crippen LogP contribution in [-0.2, 0) is 0 Å². The van der Waals surface area contributed by atoms with Crippen LogP contribution < -0.4 is 9.79 Å². The lowest BCUT2D eigenvalue weighted by Crippen LogP contribution is -2.35. The van der Waals surface area contributed by atoms with Crippen LogP contribution in [0.1, 0.15) is 16.8 Å². The molecule has 0 N–H and O–H groups in total. The van der Waals surface area contributed by atoms with Gasteiger partial charge in [0.1, 0.15) is 0 Å². The van der Waals surface area contributed by atoms with Gasteiger partial charge in [-0.15, -0.1) is 0 Å². The maximum atomic E-state index is 11.7. The highest BCUT2D eigenvalue weighted by Gasteiger charge is 2.18. The number of nitrogens with zero attached hydrogens (tertiary/aromatic N) is 2. The molecule has 102 valence electrons. The van der Waals surface area contributed by atoms with E-state index in [2.05, 4.69) is 17.1 Å².